The van der Waals surface area contributed by atoms with E-state index in [1.807, 2.05) is 6.92 Å². The fourth-order valence-electron chi connectivity index (χ4n) is 1.27. The van der Waals surface area contributed by atoms with Gasteiger partial charge in [0.25, 0.3) is 5.56 Å². The molecule has 0 radical (unpaired) electrons. The molecule has 0 atom stereocenters. The highest BCUT2D eigenvalue weighted by Gasteiger charge is 2.06. The van der Waals surface area contributed by atoms with Gasteiger partial charge in [-0.1, -0.05) is 6.92 Å². The average Bonchev–Trinajstić information content (AvgIpc) is 2.71. The molecule has 0 aliphatic rings. The quantitative estimate of drug-likeness (QED) is 0.859. The van der Waals surface area contributed by atoms with Gasteiger partial charge in [0.1, 0.15) is 6.54 Å². The van der Waals surface area contributed by atoms with Crippen molar-refractivity contribution in [3.63, 3.8) is 0 Å². The molecular formula is C10H10BrN3O2. The van der Waals surface area contributed by atoms with Crippen molar-refractivity contribution in [2.45, 2.75) is 19.9 Å². The van der Waals surface area contributed by atoms with Gasteiger partial charge in [-0.2, -0.15) is 0 Å². The van der Waals surface area contributed by atoms with Crippen LogP contribution in [0.1, 0.15) is 18.7 Å². The summed E-state index contributed by atoms with van der Waals surface area (Å²) in [5.41, 5.74) is -0.0977. The van der Waals surface area contributed by atoms with Crippen LogP contribution in [0.2, 0.25) is 0 Å². The number of halogens is 1. The molecule has 0 bridgehead atoms. The van der Waals surface area contributed by atoms with E-state index in [2.05, 4.69) is 26.1 Å². The van der Waals surface area contributed by atoms with E-state index in [1.165, 1.54) is 10.6 Å². The Morgan fingerprint density at radius 3 is 2.81 bits per heavy atom. The van der Waals surface area contributed by atoms with Crippen LogP contribution in [-0.2, 0) is 13.0 Å². The van der Waals surface area contributed by atoms with Gasteiger partial charge in [-0.25, -0.2) is 0 Å². The smallest absolute Gasteiger partial charge is 0.251 e. The molecule has 2 rings (SSSR count). The standard InChI is InChI=1S/C10H10BrN3O2/c1-2-8-12-13-9(16-8)6-14-5-7(11)3-4-10(14)15/h3-5H,2,6H2,1H3. The van der Waals surface area contributed by atoms with Crippen molar-refractivity contribution < 1.29 is 4.42 Å². The second-order valence-corrected chi connectivity index (χ2v) is 4.17. The zero-order chi connectivity index (χ0) is 11.5. The zero-order valence-corrected chi connectivity index (χ0v) is 10.3. The third-order valence-corrected chi connectivity index (χ3v) is 2.53. The number of nitrogens with zero attached hydrogens (tertiary/aromatic N) is 3. The molecule has 2 aromatic heterocycles. The maximum atomic E-state index is 11.5. The summed E-state index contributed by atoms with van der Waals surface area (Å²) >= 11 is 3.30. The molecular weight excluding hydrogens is 274 g/mol. The Balaban J connectivity index is 2.26. The monoisotopic (exact) mass is 283 g/mol. The van der Waals surface area contributed by atoms with Gasteiger partial charge in [0, 0.05) is 23.2 Å². The molecule has 0 aromatic carbocycles. The van der Waals surface area contributed by atoms with E-state index in [9.17, 15) is 4.79 Å². The molecule has 0 spiro atoms. The number of aromatic nitrogens is 3. The number of hydrogen-bond acceptors (Lipinski definition) is 4. The number of aryl methyl sites for hydroxylation is 1. The summed E-state index contributed by atoms with van der Waals surface area (Å²) in [6.45, 7) is 2.23. The number of rotatable bonds is 3. The van der Waals surface area contributed by atoms with Crippen molar-refractivity contribution in [3.05, 3.63) is 44.9 Å². The Kier molecular flexibility index (Phi) is 3.19. The molecule has 16 heavy (non-hydrogen) atoms. The predicted octanol–water partition coefficient (Wildman–Crippen LogP) is 1.60. The summed E-state index contributed by atoms with van der Waals surface area (Å²) in [4.78, 5) is 11.5. The van der Waals surface area contributed by atoms with Gasteiger partial charge < -0.3 is 8.98 Å². The zero-order valence-electron chi connectivity index (χ0n) is 8.68. The molecule has 0 saturated heterocycles. The maximum Gasteiger partial charge on any atom is 0.251 e. The Morgan fingerprint density at radius 2 is 2.12 bits per heavy atom. The molecule has 2 heterocycles. The van der Waals surface area contributed by atoms with E-state index in [4.69, 9.17) is 4.42 Å². The first kappa shape index (κ1) is 11.1. The van der Waals surface area contributed by atoms with Gasteiger partial charge in [0.2, 0.25) is 11.8 Å². The minimum absolute atomic E-state index is 0.0977. The molecule has 0 aliphatic heterocycles. The van der Waals surface area contributed by atoms with Crippen LogP contribution < -0.4 is 5.56 Å². The second kappa shape index (κ2) is 4.61. The SMILES string of the molecule is CCc1nnc(Cn2cc(Br)ccc2=O)o1. The van der Waals surface area contributed by atoms with Crippen molar-refractivity contribution in [2.75, 3.05) is 0 Å². The third-order valence-electron chi connectivity index (χ3n) is 2.06. The Labute approximate surface area is 100 Å². The van der Waals surface area contributed by atoms with Crippen molar-refractivity contribution in [2.24, 2.45) is 0 Å². The highest BCUT2D eigenvalue weighted by atomic mass is 79.9. The van der Waals surface area contributed by atoms with Crippen molar-refractivity contribution >= 4 is 15.9 Å². The molecule has 0 N–H and O–H groups in total. The van der Waals surface area contributed by atoms with Crippen LogP contribution in [0.3, 0.4) is 0 Å². The summed E-state index contributed by atoms with van der Waals surface area (Å²) in [7, 11) is 0. The lowest BCUT2D eigenvalue weighted by molar-refractivity contribution is 0.440. The first-order valence-electron chi connectivity index (χ1n) is 4.86. The van der Waals surface area contributed by atoms with Crippen LogP contribution in [0.5, 0.6) is 0 Å². The fraction of sp³-hybridized carbons (Fsp3) is 0.300. The van der Waals surface area contributed by atoms with Gasteiger partial charge in [0.15, 0.2) is 0 Å². The summed E-state index contributed by atoms with van der Waals surface area (Å²) in [6.07, 6.45) is 2.39. The minimum atomic E-state index is -0.0977. The van der Waals surface area contributed by atoms with E-state index in [0.717, 1.165) is 4.47 Å². The van der Waals surface area contributed by atoms with Crippen LogP contribution >= 0.6 is 15.9 Å². The molecule has 0 aliphatic carbocycles. The lowest BCUT2D eigenvalue weighted by Crippen LogP contribution is -2.18. The first-order chi connectivity index (χ1) is 7.69. The summed E-state index contributed by atoms with van der Waals surface area (Å²) in [6, 6.07) is 3.19. The normalized spacial score (nSPS) is 10.6. The summed E-state index contributed by atoms with van der Waals surface area (Å²) < 4.78 is 7.68. The summed E-state index contributed by atoms with van der Waals surface area (Å²) in [5, 5.41) is 7.70. The van der Waals surface area contributed by atoms with Crippen LogP contribution in [0.4, 0.5) is 0 Å². The highest BCUT2D eigenvalue weighted by molar-refractivity contribution is 9.10. The van der Waals surface area contributed by atoms with Gasteiger partial charge in [-0.05, 0) is 22.0 Å². The lowest BCUT2D eigenvalue weighted by Gasteiger charge is -2.01. The predicted molar refractivity (Wildman–Crippen MR) is 61.2 cm³/mol. The largest absolute Gasteiger partial charge is 0.423 e. The Hall–Kier alpha value is -1.43. The highest BCUT2D eigenvalue weighted by Crippen LogP contribution is 2.07. The van der Waals surface area contributed by atoms with E-state index in [-0.39, 0.29) is 5.56 Å². The molecule has 6 heteroatoms. The van der Waals surface area contributed by atoms with Crippen LogP contribution in [-0.4, -0.2) is 14.8 Å². The van der Waals surface area contributed by atoms with Gasteiger partial charge in [0.05, 0.1) is 0 Å². The lowest BCUT2D eigenvalue weighted by atomic mass is 10.4. The Morgan fingerprint density at radius 1 is 1.38 bits per heavy atom. The van der Waals surface area contributed by atoms with Crippen molar-refractivity contribution in [1.29, 1.82) is 0 Å². The van der Waals surface area contributed by atoms with Crippen molar-refractivity contribution in [3.8, 4) is 0 Å². The molecule has 2 aromatic rings. The molecule has 0 saturated carbocycles. The van der Waals surface area contributed by atoms with E-state index in [1.54, 1.807) is 12.3 Å². The van der Waals surface area contributed by atoms with Gasteiger partial charge in [-0.3, -0.25) is 4.79 Å². The van der Waals surface area contributed by atoms with Crippen LogP contribution in [0.15, 0.2) is 32.0 Å². The van der Waals surface area contributed by atoms with E-state index in [0.29, 0.717) is 24.7 Å². The third kappa shape index (κ3) is 2.38. The van der Waals surface area contributed by atoms with Crippen LogP contribution in [0, 0.1) is 0 Å². The second-order valence-electron chi connectivity index (χ2n) is 3.26. The topological polar surface area (TPSA) is 60.9 Å². The molecule has 5 nitrogen and oxygen atoms in total. The molecule has 0 amide bonds. The maximum absolute atomic E-state index is 11.5. The first-order valence-corrected chi connectivity index (χ1v) is 5.65. The minimum Gasteiger partial charge on any atom is -0.423 e. The number of pyridine rings is 1. The van der Waals surface area contributed by atoms with E-state index >= 15 is 0 Å². The van der Waals surface area contributed by atoms with Gasteiger partial charge >= 0.3 is 0 Å². The van der Waals surface area contributed by atoms with E-state index < -0.39 is 0 Å². The molecule has 84 valence electrons. The van der Waals surface area contributed by atoms with Gasteiger partial charge in [-0.15, -0.1) is 10.2 Å². The number of hydrogen-bond donors (Lipinski definition) is 0. The Bertz CT molecular complexity index is 547. The summed E-state index contributed by atoms with van der Waals surface area (Å²) in [5.74, 6) is 1.02. The van der Waals surface area contributed by atoms with Crippen molar-refractivity contribution in [1.82, 2.24) is 14.8 Å². The fourth-order valence-corrected chi connectivity index (χ4v) is 1.65. The van der Waals surface area contributed by atoms with Crippen LogP contribution in [0.25, 0.3) is 0 Å². The average molecular weight is 284 g/mol. The molecule has 0 unspecified atom stereocenters. The molecule has 0 fully saturated rings.